The highest BCUT2D eigenvalue weighted by molar-refractivity contribution is 7.89. The van der Waals surface area contributed by atoms with E-state index < -0.39 is 10.0 Å². The Morgan fingerprint density at radius 2 is 2.00 bits per heavy atom. The van der Waals surface area contributed by atoms with E-state index in [4.69, 9.17) is 19.3 Å². The number of hydrogen-bond donors (Lipinski definition) is 1. The Labute approximate surface area is 128 Å². The van der Waals surface area contributed by atoms with Gasteiger partial charge in [-0.1, -0.05) is 0 Å². The molecule has 2 N–H and O–H groups in total. The van der Waals surface area contributed by atoms with Crippen molar-refractivity contribution in [3.8, 4) is 11.5 Å². The molecule has 1 aromatic carbocycles. The van der Waals surface area contributed by atoms with Crippen LogP contribution in [0.1, 0.15) is 0 Å². The molecule has 0 aliphatic carbocycles. The van der Waals surface area contributed by atoms with Gasteiger partial charge in [-0.3, -0.25) is 4.79 Å². The van der Waals surface area contributed by atoms with Crippen molar-refractivity contribution in [3.63, 3.8) is 0 Å². The van der Waals surface area contributed by atoms with Gasteiger partial charge in [0.15, 0.2) is 18.1 Å². The fraction of sp³-hybridized carbons (Fsp3) is 0.462. The van der Waals surface area contributed by atoms with Gasteiger partial charge in [0.05, 0.1) is 25.2 Å². The lowest BCUT2D eigenvalue weighted by Gasteiger charge is -2.26. The van der Waals surface area contributed by atoms with Gasteiger partial charge in [0.25, 0.3) is 5.91 Å². The van der Waals surface area contributed by atoms with Crippen molar-refractivity contribution >= 4 is 15.9 Å². The Kier molecular flexibility index (Phi) is 5.22. The highest BCUT2D eigenvalue weighted by Crippen LogP contribution is 2.29. The van der Waals surface area contributed by atoms with Gasteiger partial charge in [-0.25, -0.2) is 13.6 Å². The lowest BCUT2D eigenvalue weighted by atomic mass is 10.3. The number of primary sulfonamides is 1. The highest BCUT2D eigenvalue weighted by Gasteiger charge is 2.19. The molecule has 0 atom stereocenters. The Hall–Kier alpha value is -1.84. The predicted molar refractivity (Wildman–Crippen MR) is 77.3 cm³/mol. The number of carbonyl (C=O) groups is 1. The molecule has 1 aliphatic heterocycles. The molecular formula is C13H18N2O6S. The summed E-state index contributed by atoms with van der Waals surface area (Å²) in [6, 6.07) is 3.97. The minimum absolute atomic E-state index is 0.109. The molecule has 0 spiro atoms. The van der Waals surface area contributed by atoms with Gasteiger partial charge < -0.3 is 19.1 Å². The first-order chi connectivity index (χ1) is 10.4. The third kappa shape index (κ3) is 4.09. The summed E-state index contributed by atoms with van der Waals surface area (Å²) >= 11 is 0. The Morgan fingerprint density at radius 1 is 1.32 bits per heavy atom. The second-order valence-electron chi connectivity index (χ2n) is 4.64. The summed E-state index contributed by atoms with van der Waals surface area (Å²) < 4.78 is 38.4. The van der Waals surface area contributed by atoms with Gasteiger partial charge in [0, 0.05) is 19.2 Å². The SMILES string of the molecule is COc1ccc(S(N)(=O)=O)cc1OCC(=O)N1CCOCC1. The summed E-state index contributed by atoms with van der Waals surface area (Å²) in [5.41, 5.74) is 0. The number of ether oxygens (including phenoxy) is 3. The molecule has 0 radical (unpaired) electrons. The van der Waals surface area contributed by atoms with Gasteiger partial charge in [-0.2, -0.15) is 0 Å². The second-order valence-corrected chi connectivity index (χ2v) is 6.20. The summed E-state index contributed by atoms with van der Waals surface area (Å²) in [4.78, 5) is 13.5. The lowest BCUT2D eigenvalue weighted by molar-refractivity contribution is -0.137. The Bertz CT molecular complexity index is 640. The molecule has 0 bridgehead atoms. The fourth-order valence-electron chi connectivity index (χ4n) is 1.99. The van der Waals surface area contributed by atoms with Crippen LogP contribution in [-0.2, 0) is 19.6 Å². The molecule has 22 heavy (non-hydrogen) atoms. The summed E-state index contributed by atoms with van der Waals surface area (Å²) in [6.07, 6.45) is 0. The molecular weight excluding hydrogens is 312 g/mol. The third-order valence-electron chi connectivity index (χ3n) is 3.18. The summed E-state index contributed by atoms with van der Waals surface area (Å²) in [5, 5.41) is 5.08. The summed E-state index contributed by atoms with van der Waals surface area (Å²) in [6.45, 7) is 1.80. The van der Waals surface area contributed by atoms with Crippen LogP contribution in [0.3, 0.4) is 0 Å². The minimum atomic E-state index is -3.86. The maximum absolute atomic E-state index is 12.0. The van der Waals surface area contributed by atoms with E-state index >= 15 is 0 Å². The van der Waals surface area contributed by atoms with Crippen molar-refractivity contribution in [2.24, 2.45) is 5.14 Å². The summed E-state index contributed by atoms with van der Waals surface area (Å²) in [5.74, 6) is 0.268. The van der Waals surface area contributed by atoms with Crippen LogP contribution in [0, 0.1) is 0 Å². The molecule has 1 amide bonds. The van der Waals surface area contributed by atoms with Crippen LogP contribution >= 0.6 is 0 Å². The molecule has 0 aromatic heterocycles. The zero-order valence-electron chi connectivity index (χ0n) is 12.1. The maximum atomic E-state index is 12.0. The van der Waals surface area contributed by atoms with Gasteiger partial charge in [0.1, 0.15) is 0 Å². The lowest BCUT2D eigenvalue weighted by Crippen LogP contribution is -2.43. The minimum Gasteiger partial charge on any atom is -0.493 e. The number of benzene rings is 1. The van der Waals surface area contributed by atoms with Crippen molar-refractivity contribution in [1.82, 2.24) is 4.90 Å². The molecule has 1 aliphatic rings. The van der Waals surface area contributed by atoms with Crippen molar-refractivity contribution < 1.29 is 27.4 Å². The first-order valence-electron chi connectivity index (χ1n) is 6.61. The van der Waals surface area contributed by atoms with Crippen LogP contribution < -0.4 is 14.6 Å². The number of methoxy groups -OCH3 is 1. The average Bonchev–Trinajstić information content (AvgIpc) is 2.52. The van der Waals surface area contributed by atoms with E-state index in [-0.39, 0.29) is 23.2 Å². The van der Waals surface area contributed by atoms with E-state index in [1.165, 1.54) is 25.3 Å². The van der Waals surface area contributed by atoms with E-state index in [1.807, 2.05) is 0 Å². The molecule has 1 fully saturated rings. The predicted octanol–water partition coefficient (Wildman–Crippen LogP) is -0.420. The van der Waals surface area contributed by atoms with Crippen molar-refractivity contribution in [1.29, 1.82) is 0 Å². The first kappa shape index (κ1) is 16.5. The number of morpholine rings is 1. The zero-order chi connectivity index (χ0) is 16.2. The van der Waals surface area contributed by atoms with Crippen LogP contribution in [0.25, 0.3) is 0 Å². The van der Waals surface area contributed by atoms with E-state index in [2.05, 4.69) is 0 Å². The number of carbonyl (C=O) groups excluding carboxylic acids is 1. The molecule has 8 nitrogen and oxygen atoms in total. The molecule has 1 aromatic rings. The van der Waals surface area contributed by atoms with Gasteiger partial charge in [0.2, 0.25) is 10.0 Å². The molecule has 9 heteroatoms. The summed E-state index contributed by atoms with van der Waals surface area (Å²) in [7, 11) is -2.44. The molecule has 2 rings (SSSR count). The maximum Gasteiger partial charge on any atom is 0.260 e. The van der Waals surface area contributed by atoms with E-state index in [1.54, 1.807) is 4.90 Å². The number of sulfonamides is 1. The molecule has 0 unspecified atom stereocenters. The van der Waals surface area contributed by atoms with Crippen LogP contribution in [0.15, 0.2) is 23.1 Å². The third-order valence-corrected chi connectivity index (χ3v) is 4.09. The van der Waals surface area contributed by atoms with Crippen molar-refractivity contribution in [3.05, 3.63) is 18.2 Å². The molecule has 0 saturated carbocycles. The standard InChI is InChI=1S/C13H18N2O6S/c1-19-11-3-2-10(22(14,17)18)8-12(11)21-9-13(16)15-4-6-20-7-5-15/h2-3,8H,4-7,9H2,1H3,(H2,14,17,18). The zero-order valence-corrected chi connectivity index (χ0v) is 13.0. The van der Waals surface area contributed by atoms with Gasteiger partial charge in [-0.05, 0) is 12.1 Å². The smallest absolute Gasteiger partial charge is 0.260 e. The van der Waals surface area contributed by atoms with Gasteiger partial charge in [-0.15, -0.1) is 0 Å². The largest absolute Gasteiger partial charge is 0.493 e. The Morgan fingerprint density at radius 3 is 2.59 bits per heavy atom. The fourth-order valence-corrected chi connectivity index (χ4v) is 2.52. The van der Waals surface area contributed by atoms with Crippen LogP contribution in [0.2, 0.25) is 0 Å². The normalized spacial score (nSPS) is 15.5. The Balaban J connectivity index is 2.09. The number of nitrogens with two attached hydrogens (primary N) is 1. The number of nitrogens with zero attached hydrogens (tertiary/aromatic N) is 1. The van der Waals surface area contributed by atoms with E-state index in [9.17, 15) is 13.2 Å². The molecule has 1 heterocycles. The van der Waals surface area contributed by atoms with Crippen molar-refractivity contribution in [2.75, 3.05) is 40.0 Å². The first-order valence-corrected chi connectivity index (χ1v) is 8.15. The van der Waals surface area contributed by atoms with E-state index in [0.29, 0.717) is 32.1 Å². The second kappa shape index (κ2) is 6.95. The van der Waals surface area contributed by atoms with E-state index in [0.717, 1.165) is 0 Å². The topological polar surface area (TPSA) is 108 Å². The highest BCUT2D eigenvalue weighted by atomic mass is 32.2. The number of rotatable bonds is 5. The molecule has 122 valence electrons. The van der Waals surface area contributed by atoms with Crippen LogP contribution in [-0.4, -0.2) is 59.2 Å². The van der Waals surface area contributed by atoms with Crippen molar-refractivity contribution in [2.45, 2.75) is 4.90 Å². The number of hydrogen-bond acceptors (Lipinski definition) is 6. The number of amides is 1. The quantitative estimate of drug-likeness (QED) is 0.785. The molecule has 1 saturated heterocycles. The van der Waals surface area contributed by atoms with Crippen LogP contribution in [0.4, 0.5) is 0 Å². The monoisotopic (exact) mass is 330 g/mol. The average molecular weight is 330 g/mol. The van der Waals surface area contributed by atoms with Gasteiger partial charge >= 0.3 is 0 Å². The van der Waals surface area contributed by atoms with Crippen LogP contribution in [0.5, 0.6) is 11.5 Å².